The van der Waals surface area contributed by atoms with Gasteiger partial charge >= 0.3 is 0 Å². The third kappa shape index (κ3) is 1.56. The Balaban J connectivity index is 2.04. The minimum atomic E-state index is 0.308. The number of nitrogens with two attached hydrogens (primary N) is 1. The molecule has 2 heterocycles. The Hall–Kier alpha value is -0.680. The highest BCUT2D eigenvalue weighted by Gasteiger charge is 2.18. The van der Waals surface area contributed by atoms with E-state index < -0.39 is 0 Å². The summed E-state index contributed by atoms with van der Waals surface area (Å²) >= 11 is 1.58. The SMILES string of the molecule is N[C@@H]1CCCN(c2nncs2)C1. The topological polar surface area (TPSA) is 55.0 Å². The van der Waals surface area contributed by atoms with E-state index in [-0.39, 0.29) is 0 Å². The van der Waals surface area contributed by atoms with Crippen molar-refractivity contribution in [1.29, 1.82) is 0 Å². The first-order valence-corrected chi connectivity index (χ1v) is 5.01. The zero-order chi connectivity index (χ0) is 8.39. The second kappa shape index (κ2) is 3.37. The summed E-state index contributed by atoms with van der Waals surface area (Å²) in [6.45, 7) is 2.00. The molecule has 1 aromatic heterocycles. The first-order valence-electron chi connectivity index (χ1n) is 4.13. The highest BCUT2D eigenvalue weighted by atomic mass is 32.1. The molecule has 0 aromatic carbocycles. The van der Waals surface area contributed by atoms with Gasteiger partial charge in [-0.25, -0.2) is 0 Å². The molecule has 2 rings (SSSR count). The quantitative estimate of drug-likeness (QED) is 0.689. The normalized spacial score (nSPS) is 24.4. The van der Waals surface area contributed by atoms with Gasteiger partial charge in [-0.15, -0.1) is 10.2 Å². The van der Waals surface area contributed by atoms with E-state index in [1.165, 1.54) is 6.42 Å². The average molecular weight is 184 g/mol. The van der Waals surface area contributed by atoms with Crippen LogP contribution in [0.1, 0.15) is 12.8 Å². The minimum Gasteiger partial charge on any atom is -0.345 e. The Morgan fingerprint density at radius 2 is 2.58 bits per heavy atom. The Morgan fingerprint density at radius 3 is 3.25 bits per heavy atom. The van der Waals surface area contributed by atoms with Gasteiger partial charge in [-0.05, 0) is 12.8 Å². The van der Waals surface area contributed by atoms with Gasteiger partial charge < -0.3 is 10.6 Å². The summed E-state index contributed by atoms with van der Waals surface area (Å²) in [7, 11) is 0. The Bertz CT molecular complexity index is 236. The van der Waals surface area contributed by atoms with E-state index in [0.29, 0.717) is 6.04 Å². The van der Waals surface area contributed by atoms with Crippen molar-refractivity contribution in [1.82, 2.24) is 10.2 Å². The van der Waals surface area contributed by atoms with Crippen LogP contribution in [0.5, 0.6) is 0 Å². The molecule has 1 saturated heterocycles. The number of rotatable bonds is 1. The molecule has 0 spiro atoms. The van der Waals surface area contributed by atoms with Gasteiger partial charge in [0.25, 0.3) is 0 Å². The first kappa shape index (κ1) is 7.94. The summed E-state index contributed by atoms with van der Waals surface area (Å²) < 4.78 is 0. The second-order valence-corrected chi connectivity index (χ2v) is 3.88. The maximum Gasteiger partial charge on any atom is 0.208 e. The van der Waals surface area contributed by atoms with Crippen LogP contribution in [0.4, 0.5) is 5.13 Å². The van der Waals surface area contributed by atoms with E-state index in [0.717, 1.165) is 24.6 Å². The van der Waals surface area contributed by atoms with Crippen molar-refractivity contribution in [2.24, 2.45) is 5.73 Å². The van der Waals surface area contributed by atoms with Gasteiger partial charge in [-0.1, -0.05) is 11.3 Å². The Labute approximate surface area is 75.4 Å². The van der Waals surface area contributed by atoms with Crippen LogP contribution < -0.4 is 10.6 Å². The predicted octanol–water partition coefficient (Wildman–Crippen LogP) is 0.466. The maximum absolute atomic E-state index is 5.85. The van der Waals surface area contributed by atoms with Crippen LogP contribution in [0.15, 0.2) is 5.51 Å². The summed E-state index contributed by atoms with van der Waals surface area (Å²) in [4.78, 5) is 2.21. The summed E-state index contributed by atoms with van der Waals surface area (Å²) in [5.41, 5.74) is 7.61. The van der Waals surface area contributed by atoms with E-state index in [1.54, 1.807) is 16.8 Å². The van der Waals surface area contributed by atoms with Gasteiger partial charge in [0.05, 0.1) is 0 Å². The molecule has 0 aliphatic carbocycles. The fourth-order valence-corrected chi connectivity index (χ4v) is 2.09. The molecule has 0 bridgehead atoms. The van der Waals surface area contributed by atoms with Crippen molar-refractivity contribution in [3.05, 3.63) is 5.51 Å². The molecule has 1 fully saturated rings. The van der Waals surface area contributed by atoms with Crippen LogP contribution in [0, 0.1) is 0 Å². The van der Waals surface area contributed by atoms with Crippen molar-refractivity contribution in [3.8, 4) is 0 Å². The lowest BCUT2D eigenvalue weighted by Gasteiger charge is -2.29. The average Bonchev–Trinajstić information content (AvgIpc) is 2.56. The molecule has 66 valence electrons. The summed E-state index contributed by atoms with van der Waals surface area (Å²) in [5.74, 6) is 0. The molecule has 1 aliphatic rings. The first-order chi connectivity index (χ1) is 5.86. The van der Waals surface area contributed by atoms with E-state index in [2.05, 4.69) is 15.1 Å². The molecule has 2 N–H and O–H groups in total. The molecular formula is C7H12N4S. The number of anilines is 1. The van der Waals surface area contributed by atoms with Gasteiger partial charge in [0.15, 0.2) is 0 Å². The Kier molecular flexibility index (Phi) is 2.23. The molecule has 1 atom stereocenters. The lowest BCUT2D eigenvalue weighted by Crippen LogP contribution is -2.42. The molecule has 0 saturated carbocycles. The van der Waals surface area contributed by atoms with Gasteiger partial charge in [-0.2, -0.15) is 0 Å². The lowest BCUT2D eigenvalue weighted by atomic mass is 10.1. The smallest absolute Gasteiger partial charge is 0.208 e. The van der Waals surface area contributed by atoms with E-state index in [9.17, 15) is 0 Å². The van der Waals surface area contributed by atoms with E-state index in [1.807, 2.05) is 0 Å². The van der Waals surface area contributed by atoms with E-state index >= 15 is 0 Å². The van der Waals surface area contributed by atoms with Crippen molar-refractivity contribution in [3.63, 3.8) is 0 Å². The van der Waals surface area contributed by atoms with Crippen LogP contribution in [0.25, 0.3) is 0 Å². The molecule has 4 nitrogen and oxygen atoms in total. The van der Waals surface area contributed by atoms with Gasteiger partial charge in [-0.3, -0.25) is 0 Å². The molecule has 0 radical (unpaired) electrons. The third-order valence-electron chi connectivity index (χ3n) is 2.08. The number of aromatic nitrogens is 2. The molecular weight excluding hydrogens is 172 g/mol. The van der Waals surface area contributed by atoms with Crippen LogP contribution in [0.3, 0.4) is 0 Å². The van der Waals surface area contributed by atoms with Crippen LogP contribution >= 0.6 is 11.3 Å². The molecule has 0 amide bonds. The second-order valence-electron chi connectivity index (χ2n) is 3.07. The van der Waals surface area contributed by atoms with Crippen molar-refractivity contribution in [2.45, 2.75) is 18.9 Å². The molecule has 5 heteroatoms. The summed E-state index contributed by atoms with van der Waals surface area (Å²) in [5, 5.41) is 8.83. The molecule has 0 unspecified atom stereocenters. The standard InChI is InChI=1S/C7H12N4S/c8-6-2-1-3-11(4-6)7-10-9-5-12-7/h5-6H,1-4,8H2/t6-/m1/s1. The number of piperidine rings is 1. The Morgan fingerprint density at radius 1 is 1.67 bits per heavy atom. The monoisotopic (exact) mass is 184 g/mol. The zero-order valence-electron chi connectivity index (χ0n) is 6.81. The lowest BCUT2D eigenvalue weighted by molar-refractivity contribution is 0.505. The molecule has 1 aromatic rings. The zero-order valence-corrected chi connectivity index (χ0v) is 7.63. The number of hydrogen-bond acceptors (Lipinski definition) is 5. The maximum atomic E-state index is 5.85. The fourth-order valence-electron chi connectivity index (χ4n) is 1.49. The van der Waals surface area contributed by atoms with Gasteiger partial charge in [0.2, 0.25) is 5.13 Å². The highest BCUT2D eigenvalue weighted by molar-refractivity contribution is 7.13. The van der Waals surface area contributed by atoms with Crippen LogP contribution in [-0.4, -0.2) is 29.3 Å². The summed E-state index contributed by atoms with van der Waals surface area (Å²) in [6.07, 6.45) is 2.30. The van der Waals surface area contributed by atoms with Crippen molar-refractivity contribution < 1.29 is 0 Å². The van der Waals surface area contributed by atoms with Crippen LogP contribution in [0.2, 0.25) is 0 Å². The van der Waals surface area contributed by atoms with Gasteiger partial charge in [0, 0.05) is 19.1 Å². The van der Waals surface area contributed by atoms with Crippen molar-refractivity contribution >= 4 is 16.5 Å². The third-order valence-corrected chi connectivity index (χ3v) is 2.83. The van der Waals surface area contributed by atoms with Crippen LogP contribution in [-0.2, 0) is 0 Å². The summed E-state index contributed by atoms with van der Waals surface area (Å²) in [6, 6.07) is 0.308. The van der Waals surface area contributed by atoms with Gasteiger partial charge in [0.1, 0.15) is 5.51 Å². The highest BCUT2D eigenvalue weighted by Crippen LogP contribution is 2.19. The van der Waals surface area contributed by atoms with Crippen molar-refractivity contribution in [2.75, 3.05) is 18.0 Å². The number of nitrogens with zero attached hydrogens (tertiary/aromatic N) is 3. The largest absolute Gasteiger partial charge is 0.345 e. The molecule has 12 heavy (non-hydrogen) atoms. The number of hydrogen-bond donors (Lipinski definition) is 1. The predicted molar refractivity (Wildman–Crippen MR) is 49.3 cm³/mol. The molecule has 1 aliphatic heterocycles. The fraction of sp³-hybridized carbons (Fsp3) is 0.714. The minimum absolute atomic E-state index is 0.308. The van der Waals surface area contributed by atoms with E-state index in [4.69, 9.17) is 5.73 Å².